The number of hydrogen-bond donors (Lipinski definition) is 0. The molecule has 0 radical (unpaired) electrons. The first-order valence-corrected chi connectivity index (χ1v) is 12.7. The molecule has 1 heterocycles. The maximum Gasteiger partial charge on any atom is 0.248 e. The van der Waals surface area contributed by atoms with E-state index in [2.05, 4.69) is 33.1 Å². The van der Waals surface area contributed by atoms with Gasteiger partial charge in [0.05, 0.1) is 67.5 Å². The number of fused-ring (bicyclic) bond motifs is 2. The maximum absolute atomic E-state index is 14.6. The highest BCUT2D eigenvalue weighted by atomic mass is 19.2. The van der Waals surface area contributed by atoms with Gasteiger partial charge in [0.2, 0.25) is 5.97 Å². The van der Waals surface area contributed by atoms with Gasteiger partial charge in [-0.3, -0.25) is 4.99 Å². The Hall–Kier alpha value is -7.88. The highest BCUT2D eigenvalue weighted by Crippen LogP contribution is 2.42. The van der Waals surface area contributed by atoms with Crippen LogP contribution in [0.1, 0.15) is 40.3 Å². The van der Waals surface area contributed by atoms with Crippen LogP contribution >= 0.6 is 0 Å². The molecule has 0 fully saturated rings. The van der Waals surface area contributed by atoms with E-state index in [-0.39, 0.29) is 78.0 Å². The molecule has 14 heteroatoms. The van der Waals surface area contributed by atoms with Crippen LogP contribution in [-0.2, 0) is 0 Å². The number of benzene rings is 2. The van der Waals surface area contributed by atoms with Gasteiger partial charge in [-0.25, -0.2) is 19.4 Å². The molecule has 0 atom stereocenters. The molecular weight excluding hydrogens is 602 g/mol. The lowest BCUT2D eigenvalue weighted by Crippen LogP contribution is -2.03. The normalized spacial score (nSPS) is 11.8. The SMILES string of the molecule is C=C(F)C(F)=Nc1c(N=CC(=C)/C(C#N)=C(C#N)\C(C#N)=C(/C)C#N)c(C)c2nc3c(C#N)c(C#N)c(C#N)c(C#N)c3nc2c1C. The number of rotatable bonds is 6. The van der Waals surface area contributed by atoms with Gasteiger partial charge in [0, 0.05) is 28.5 Å². The Morgan fingerprint density at radius 3 is 1.47 bits per heavy atom. The van der Waals surface area contributed by atoms with Gasteiger partial charge in [0.15, 0.2) is 5.83 Å². The van der Waals surface area contributed by atoms with Crippen molar-refractivity contribution in [3.63, 3.8) is 0 Å². The first-order valence-electron chi connectivity index (χ1n) is 12.7. The molecule has 0 aliphatic carbocycles. The fourth-order valence-corrected chi connectivity index (χ4v) is 4.38. The first kappa shape index (κ1) is 33.6. The fourth-order valence-electron chi connectivity index (χ4n) is 4.38. The molecule has 0 saturated heterocycles. The summed E-state index contributed by atoms with van der Waals surface area (Å²) in [5.41, 5.74) is -3.64. The second-order valence-electron chi connectivity index (χ2n) is 9.30. The molecule has 0 spiro atoms. The van der Waals surface area contributed by atoms with Crippen LogP contribution in [0.15, 0.2) is 56.8 Å². The summed E-state index contributed by atoms with van der Waals surface area (Å²) in [4.78, 5) is 16.9. The third-order valence-electron chi connectivity index (χ3n) is 6.69. The summed E-state index contributed by atoms with van der Waals surface area (Å²) in [6.07, 6.45) is 0.997. The molecule has 0 saturated carbocycles. The van der Waals surface area contributed by atoms with Crippen molar-refractivity contribution in [3.05, 3.63) is 80.2 Å². The van der Waals surface area contributed by atoms with Crippen LogP contribution in [0.4, 0.5) is 20.2 Å². The zero-order valence-corrected chi connectivity index (χ0v) is 24.6. The van der Waals surface area contributed by atoms with Crippen molar-refractivity contribution in [2.45, 2.75) is 20.8 Å². The summed E-state index contributed by atoms with van der Waals surface area (Å²) in [6, 6.07) is 14.1. The lowest BCUT2D eigenvalue weighted by molar-refractivity contribution is 0.644. The highest BCUT2D eigenvalue weighted by molar-refractivity contribution is 6.03. The van der Waals surface area contributed by atoms with Crippen molar-refractivity contribution in [2.75, 3.05) is 0 Å². The van der Waals surface area contributed by atoms with E-state index in [9.17, 15) is 50.9 Å². The van der Waals surface area contributed by atoms with Gasteiger partial charge in [-0.05, 0) is 20.8 Å². The molecule has 3 rings (SSSR count). The molecule has 0 amide bonds. The van der Waals surface area contributed by atoms with Gasteiger partial charge in [-0.2, -0.15) is 46.5 Å². The number of aryl methyl sites for hydroxylation is 2. The van der Waals surface area contributed by atoms with E-state index in [0.29, 0.717) is 0 Å². The van der Waals surface area contributed by atoms with Gasteiger partial charge < -0.3 is 0 Å². The summed E-state index contributed by atoms with van der Waals surface area (Å²) in [5, 5.41) is 77.3. The minimum Gasteiger partial charge on any atom is -0.254 e. The van der Waals surface area contributed by atoms with E-state index in [4.69, 9.17) is 0 Å². The lowest BCUT2D eigenvalue weighted by Gasteiger charge is -2.15. The summed E-state index contributed by atoms with van der Waals surface area (Å²) < 4.78 is 28.4. The second-order valence-corrected chi connectivity index (χ2v) is 9.30. The van der Waals surface area contributed by atoms with Crippen molar-refractivity contribution in [2.24, 2.45) is 9.98 Å². The molecule has 220 valence electrons. The predicted molar refractivity (Wildman–Crippen MR) is 163 cm³/mol. The average Bonchev–Trinajstić information content (AvgIpc) is 3.07. The van der Waals surface area contributed by atoms with Gasteiger partial charge in [-0.15, -0.1) is 0 Å². The summed E-state index contributed by atoms with van der Waals surface area (Å²) in [5.74, 6) is -3.14. The van der Waals surface area contributed by atoms with Crippen molar-refractivity contribution in [3.8, 4) is 48.6 Å². The topological polar surface area (TPSA) is 241 Å². The van der Waals surface area contributed by atoms with Gasteiger partial charge in [-0.1, -0.05) is 13.2 Å². The van der Waals surface area contributed by atoms with Gasteiger partial charge in [0.1, 0.15) is 53.5 Å². The van der Waals surface area contributed by atoms with Crippen molar-refractivity contribution in [1.82, 2.24) is 9.97 Å². The van der Waals surface area contributed by atoms with Gasteiger partial charge >= 0.3 is 0 Å². The number of halogens is 2. The number of aromatic nitrogens is 2. The molecule has 0 bridgehead atoms. The van der Waals surface area contributed by atoms with Crippen molar-refractivity contribution >= 4 is 45.6 Å². The van der Waals surface area contributed by atoms with E-state index in [1.54, 1.807) is 36.4 Å². The Morgan fingerprint density at radius 1 is 0.638 bits per heavy atom. The van der Waals surface area contributed by atoms with E-state index in [1.165, 1.54) is 20.8 Å². The third kappa shape index (κ3) is 5.74. The van der Waals surface area contributed by atoms with E-state index >= 15 is 0 Å². The zero-order valence-electron chi connectivity index (χ0n) is 24.6. The molecule has 0 N–H and O–H groups in total. The molecule has 2 aromatic carbocycles. The number of nitriles is 8. The number of hydrogen-bond acceptors (Lipinski definition) is 12. The molecule has 1 aromatic heterocycles. The molecular formula is C33H14F2N12. The first-order chi connectivity index (χ1) is 22.4. The van der Waals surface area contributed by atoms with Crippen LogP contribution in [0.3, 0.4) is 0 Å². The summed E-state index contributed by atoms with van der Waals surface area (Å²) in [7, 11) is 0. The molecule has 12 nitrogen and oxygen atoms in total. The standard InChI is InChI=1S/C33H14F2N12/c1-15(6-36)20(7-37)22(9-39)21(8-38)16(2)14-44-27-17(3)29-30(18(4)28(27)47-33(35)19(5)34)46-32-26(13-43)24(11-41)23(10-40)25(12-42)31(32)45-29/h14H,2,5H2,1,3-4H3/b20-15+,22-21-,44-14?,47-33?. The Balaban J connectivity index is 2.56. The van der Waals surface area contributed by atoms with E-state index in [0.717, 1.165) is 6.21 Å². The van der Waals surface area contributed by atoms with Crippen LogP contribution < -0.4 is 0 Å². The average molecular weight is 617 g/mol. The third-order valence-corrected chi connectivity index (χ3v) is 6.69. The minimum absolute atomic E-state index is 0.00191. The number of allylic oxidation sites excluding steroid dienone is 6. The molecule has 0 aliphatic rings. The lowest BCUT2D eigenvalue weighted by atomic mass is 9.95. The van der Waals surface area contributed by atoms with Crippen LogP contribution in [0.5, 0.6) is 0 Å². The fraction of sp³-hybridized carbons (Fsp3) is 0.0909. The number of nitrogens with zero attached hydrogens (tertiary/aromatic N) is 12. The van der Waals surface area contributed by atoms with Crippen LogP contribution in [0, 0.1) is 104 Å². The Morgan fingerprint density at radius 2 is 1.09 bits per heavy atom. The van der Waals surface area contributed by atoms with Crippen molar-refractivity contribution in [1.29, 1.82) is 42.1 Å². The van der Waals surface area contributed by atoms with Crippen molar-refractivity contribution < 1.29 is 8.78 Å². The largest absolute Gasteiger partial charge is 0.254 e. The second kappa shape index (κ2) is 13.6. The molecule has 47 heavy (non-hydrogen) atoms. The highest BCUT2D eigenvalue weighted by Gasteiger charge is 2.25. The maximum atomic E-state index is 14.6. The van der Waals surface area contributed by atoms with Crippen LogP contribution in [0.2, 0.25) is 0 Å². The molecule has 0 aliphatic heterocycles. The monoisotopic (exact) mass is 616 g/mol. The summed E-state index contributed by atoms with van der Waals surface area (Å²) in [6.45, 7) is 10.8. The Labute approximate surface area is 265 Å². The zero-order chi connectivity index (χ0) is 35.2. The number of aliphatic imine (C=N–C) groups is 2. The smallest absolute Gasteiger partial charge is 0.248 e. The minimum atomic E-state index is -1.62. The van der Waals surface area contributed by atoms with E-state index in [1.807, 2.05) is 12.1 Å². The van der Waals surface area contributed by atoms with Gasteiger partial charge in [0.25, 0.3) is 0 Å². The van der Waals surface area contributed by atoms with Crippen LogP contribution in [0.25, 0.3) is 22.1 Å². The Kier molecular flexibility index (Phi) is 9.74. The van der Waals surface area contributed by atoms with E-state index < -0.39 is 28.5 Å². The molecule has 0 unspecified atom stereocenters. The Bertz CT molecular complexity index is 2480. The summed E-state index contributed by atoms with van der Waals surface area (Å²) >= 11 is 0. The molecule has 3 aromatic rings. The van der Waals surface area contributed by atoms with Crippen LogP contribution in [-0.4, -0.2) is 22.1 Å². The quantitative estimate of drug-likeness (QED) is 0.129. The predicted octanol–water partition coefficient (Wildman–Crippen LogP) is 6.34.